The largest absolute Gasteiger partial charge is 0.480 e. The van der Waals surface area contributed by atoms with Crippen molar-refractivity contribution in [1.82, 2.24) is 15.1 Å². The van der Waals surface area contributed by atoms with Crippen LogP contribution in [0, 0.1) is 5.92 Å². The number of carbonyl (C=O) groups excluding carboxylic acids is 1. The first-order valence-corrected chi connectivity index (χ1v) is 5.93. The highest BCUT2D eigenvalue weighted by Crippen LogP contribution is 2.32. The summed E-state index contributed by atoms with van der Waals surface area (Å²) >= 11 is 0. The molecule has 1 heterocycles. The molecule has 0 saturated heterocycles. The molecule has 98 valence electrons. The zero-order chi connectivity index (χ0) is 13.1. The predicted molar refractivity (Wildman–Crippen MR) is 64.2 cm³/mol. The van der Waals surface area contributed by atoms with Crippen LogP contribution in [0.25, 0.3) is 0 Å². The van der Waals surface area contributed by atoms with Crippen LogP contribution in [-0.4, -0.2) is 32.9 Å². The number of hydrogen-bond acceptors (Lipinski definition) is 3. The van der Waals surface area contributed by atoms with E-state index in [2.05, 4.69) is 15.7 Å². The van der Waals surface area contributed by atoms with Gasteiger partial charge in [-0.25, -0.2) is 9.59 Å². The van der Waals surface area contributed by atoms with E-state index in [1.165, 1.54) is 6.20 Å². The number of carboxylic acids is 1. The van der Waals surface area contributed by atoms with Gasteiger partial charge in [0.05, 0.1) is 11.9 Å². The molecule has 0 aromatic carbocycles. The number of carbonyl (C=O) groups is 2. The molecule has 0 spiro atoms. The summed E-state index contributed by atoms with van der Waals surface area (Å²) in [5.74, 6) is -0.927. The second kappa shape index (κ2) is 5.07. The molecule has 1 aliphatic carbocycles. The van der Waals surface area contributed by atoms with Gasteiger partial charge < -0.3 is 15.7 Å². The van der Waals surface area contributed by atoms with Gasteiger partial charge in [0.25, 0.3) is 0 Å². The van der Waals surface area contributed by atoms with Crippen LogP contribution >= 0.6 is 0 Å². The van der Waals surface area contributed by atoms with Gasteiger partial charge in [0.2, 0.25) is 0 Å². The van der Waals surface area contributed by atoms with E-state index in [1.807, 2.05) is 6.92 Å². The van der Waals surface area contributed by atoms with Crippen molar-refractivity contribution in [3.8, 4) is 0 Å². The summed E-state index contributed by atoms with van der Waals surface area (Å²) in [7, 11) is 0. The summed E-state index contributed by atoms with van der Waals surface area (Å²) in [5.41, 5.74) is 0.550. The van der Waals surface area contributed by atoms with Crippen molar-refractivity contribution in [1.29, 1.82) is 0 Å². The van der Waals surface area contributed by atoms with E-state index in [9.17, 15) is 9.59 Å². The van der Waals surface area contributed by atoms with Gasteiger partial charge in [0.15, 0.2) is 0 Å². The number of rotatable bonds is 5. The Kier molecular flexibility index (Phi) is 3.50. The zero-order valence-electron chi connectivity index (χ0n) is 10.1. The number of aliphatic carboxylic acids is 1. The monoisotopic (exact) mass is 252 g/mol. The third-order valence-corrected chi connectivity index (χ3v) is 2.86. The van der Waals surface area contributed by atoms with E-state index in [1.54, 1.807) is 10.9 Å². The number of hydrogen-bond donors (Lipinski definition) is 3. The number of anilines is 1. The van der Waals surface area contributed by atoms with Gasteiger partial charge in [0.1, 0.15) is 6.04 Å². The first-order valence-electron chi connectivity index (χ1n) is 5.93. The molecule has 0 aliphatic heterocycles. The molecule has 0 radical (unpaired) electrons. The first-order chi connectivity index (χ1) is 8.60. The van der Waals surface area contributed by atoms with Crippen LogP contribution in [0.3, 0.4) is 0 Å². The number of amides is 2. The molecule has 1 unspecified atom stereocenters. The SMILES string of the molecule is CCn1cc(NC(=O)NC(C(=O)O)C2CC2)cn1. The zero-order valence-corrected chi connectivity index (χ0v) is 10.1. The van der Waals surface area contributed by atoms with Crippen molar-refractivity contribution in [2.75, 3.05) is 5.32 Å². The highest BCUT2D eigenvalue weighted by atomic mass is 16.4. The molecule has 3 N–H and O–H groups in total. The minimum Gasteiger partial charge on any atom is -0.480 e. The Labute approximate surface area is 104 Å². The molecule has 1 atom stereocenters. The number of aromatic nitrogens is 2. The molecule has 7 nitrogen and oxygen atoms in total. The van der Waals surface area contributed by atoms with Crippen molar-refractivity contribution >= 4 is 17.7 Å². The Morgan fingerprint density at radius 3 is 2.83 bits per heavy atom. The van der Waals surface area contributed by atoms with Crippen molar-refractivity contribution < 1.29 is 14.7 Å². The fraction of sp³-hybridized carbons (Fsp3) is 0.545. The minimum atomic E-state index is -0.989. The molecule has 7 heteroatoms. The number of urea groups is 1. The average molecular weight is 252 g/mol. The molecule has 0 bridgehead atoms. The smallest absolute Gasteiger partial charge is 0.326 e. The van der Waals surface area contributed by atoms with E-state index >= 15 is 0 Å². The topological polar surface area (TPSA) is 96.2 Å². The highest BCUT2D eigenvalue weighted by molar-refractivity contribution is 5.92. The molecule has 1 aromatic rings. The average Bonchev–Trinajstić information content (AvgIpc) is 3.06. The summed E-state index contributed by atoms with van der Waals surface area (Å²) in [6, 6.07) is -1.31. The Hall–Kier alpha value is -2.05. The molecule has 2 amide bonds. The third-order valence-electron chi connectivity index (χ3n) is 2.86. The number of nitrogens with one attached hydrogen (secondary N) is 2. The lowest BCUT2D eigenvalue weighted by Crippen LogP contribution is -2.44. The lowest BCUT2D eigenvalue weighted by atomic mass is 10.2. The number of nitrogens with zero attached hydrogens (tertiary/aromatic N) is 2. The molecule has 1 saturated carbocycles. The van der Waals surface area contributed by atoms with Crippen LogP contribution in [0.15, 0.2) is 12.4 Å². The summed E-state index contributed by atoms with van der Waals surface area (Å²) in [5, 5.41) is 18.0. The van der Waals surface area contributed by atoms with E-state index < -0.39 is 18.0 Å². The van der Waals surface area contributed by atoms with Gasteiger partial charge in [-0.3, -0.25) is 4.68 Å². The van der Waals surface area contributed by atoms with Crippen LogP contribution in [0.2, 0.25) is 0 Å². The summed E-state index contributed by atoms with van der Waals surface area (Å²) in [6.45, 7) is 2.65. The molecule has 2 rings (SSSR count). The quantitative estimate of drug-likeness (QED) is 0.725. The molecular formula is C11H16N4O3. The van der Waals surface area contributed by atoms with Crippen molar-refractivity contribution in [2.24, 2.45) is 5.92 Å². The van der Waals surface area contributed by atoms with Gasteiger partial charge >= 0.3 is 12.0 Å². The van der Waals surface area contributed by atoms with Crippen LogP contribution in [0.4, 0.5) is 10.5 Å². The van der Waals surface area contributed by atoms with Gasteiger partial charge in [0, 0.05) is 12.7 Å². The summed E-state index contributed by atoms with van der Waals surface area (Å²) < 4.78 is 1.67. The fourth-order valence-electron chi connectivity index (χ4n) is 1.72. The second-order valence-electron chi connectivity index (χ2n) is 4.34. The van der Waals surface area contributed by atoms with Gasteiger partial charge in [-0.2, -0.15) is 5.10 Å². The highest BCUT2D eigenvalue weighted by Gasteiger charge is 2.37. The van der Waals surface area contributed by atoms with Crippen LogP contribution in [-0.2, 0) is 11.3 Å². The van der Waals surface area contributed by atoms with Crippen LogP contribution in [0.1, 0.15) is 19.8 Å². The third kappa shape index (κ3) is 2.99. The van der Waals surface area contributed by atoms with Crippen molar-refractivity contribution in [3.05, 3.63) is 12.4 Å². The maximum absolute atomic E-state index is 11.6. The second-order valence-corrected chi connectivity index (χ2v) is 4.34. The standard InChI is InChI=1S/C11H16N4O3/c1-2-15-6-8(5-12-15)13-11(18)14-9(10(16)17)7-3-4-7/h5-7,9H,2-4H2,1H3,(H,16,17)(H2,13,14,18). The van der Waals surface area contributed by atoms with E-state index in [-0.39, 0.29) is 5.92 Å². The fourth-order valence-corrected chi connectivity index (χ4v) is 1.72. The molecular weight excluding hydrogens is 236 g/mol. The normalized spacial score (nSPS) is 16.1. The van der Waals surface area contributed by atoms with Crippen LogP contribution < -0.4 is 10.6 Å². The maximum Gasteiger partial charge on any atom is 0.326 e. The van der Waals surface area contributed by atoms with Gasteiger partial charge in [-0.1, -0.05) is 0 Å². The van der Waals surface area contributed by atoms with Gasteiger partial charge in [-0.05, 0) is 25.7 Å². The lowest BCUT2D eigenvalue weighted by molar-refractivity contribution is -0.139. The van der Waals surface area contributed by atoms with Crippen molar-refractivity contribution in [2.45, 2.75) is 32.4 Å². The molecule has 18 heavy (non-hydrogen) atoms. The number of carboxylic acid groups (broad SMARTS) is 1. The lowest BCUT2D eigenvalue weighted by Gasteiger charge is -2.13. The molecule has 1 aliphatic rings. The molecule has 1 fully saturated rings. The number of aryl methyl sites for hydroxylation is 1. The predicted octanol–water partition coefficient (Wildman–Crippen LogP) is 0.888. The summed E-state index contributed by atoms with van der Waals surface area (Å²) in [4.78, 5) is 22.6. The minimum absolute atomic E-state index is 0.0617. The van der Waals surface area contributed by atoms with Crippen LogP contribution in [0.5, 0.6) is 0 Å². The Morgan fingerprint density at radius 1 is 1.61 bits per heavy atom. The first kappa shape index (κ1) is 12.4. The Balaban J connectivity index is 1.89. The summed E-state index contributed by atoms with van der Waals surface area (Å²) in [6.07, 6.45) is 4.92. The van der Waals surface area contributed by atoms with Gasteiger partial charge in [-0.15, -0.1) is 0 Å². The van der Waals surface area contributed by atoms with E-state index in [4.69, 9.17) is 5.11 Å². The van der Waals surface area contributed by atoms with Crippen molar-refractivity contribution in [3.63, 3.8) is 0 Å². The van der Waals surface area contributed by atoms with E-state index in [0.29, 0.717) is 12.2 Å². The molecule has 1 aromatic heterocycles. The Morgan fingerprint density at radius 2 is 2.33 bits per heavy atom. The Bertz CT molecular complexity index is 453. The van der Waals surface area contributed by atoms with E-state index in [0.717, 1.165) is 12.8 Å². The maximum atomic E-state index is 11.6.